The van der Waals surface area contributed by atoms with Crippen LogP contribution in [0.25, 0.3) is 5.65 Å². The standard InChI is InChI=1S/C7H11N5O/c1-4-6(8)7-9-5(2-3-13)11-12(7)10-4/h13H,2-3,8H2,1H3,(H,9,11). The summed E-state index contributed by atoms with van der Waals surface area (Å²) in [5.41, 5.74) is 7.69. The Hall–Kier alpha value is -1.56. The van der Waals surface area contributed by atoms with Crippen molar-refractivity contribution >= 4 is 11.3 Å². The molecule has 2 heterocycles. The summed E-state index contributed by atoms with van der Waals surface area (Å²) in [6.07, 6.45) is 0.488. The quantitative estimate of drug-likeness (QED) is 0.581. The Morgan fingerprint density at radius 1 is 1.62 bits per heavy atom. The molecule has 70 valence electrons. The van der Waals surface area contributed by atoms with Crippen LogP contribution >= 0.6 is 0 Å². The van der Waals surface area contributed by atoms with E-state index in [1.165, 1.54) is 4.63 Å². The second-order valence-corrected chi connectivity index (χ2v) is 2.88. The minimum Gasteiger partial charge on any atom is -0.396 e. The van der Waals surface area contributed by atoms with Crippen molar-refractivity contribution in [2.24, 2.45) is 0 Å². The number of rotatable bonds is 2. The van der Waals surface area contributed by atoms with E-state index in [1.54, 1.807) is 0 Å². The van der Waals surface area contributed by atoms with Crippen LogP contribution in [-0.2, 0) is 6.42 Å². The average Bonchev–Trinajstić information content (AvgIpc) is 2.56. The predicted octanol–water partition coefficient (Wildman–Crippen LogP) is -0.517. The number of nitrogens with one attached hydrogen (secondary N) is 1. The summed E-state index contributed by atoms with van der Waals surface area (Å²) in [7, 11) is 0. The molecule has 0 saturated carbocycles. The summed E-state index contributed by atoms with van der Waals surface area (Å²) in [5, 5.41) is 15.7. The Bertz CT molecular complexity index is 429. The van der Waals surface area contributed by atoms with Gasteiger partial charge in [-0.05, 0) is 6.92 Å². The van der Waals surface area contributed by atoms with E-state index in [4.69, 9.17) is 10.8 Å². The normalized spacial score (nSPS) is 11.2. The molecule has 2 rings (SSSR count). The maximum atomic E-state index is 8.69. The van der Waals surface area contributed by atoms with Gasteiger partial charge in [0.15, 0.2) is 5.65 Å². The minimum absolute atomic E-state index is 0.0650. The molecule has 0 aliphatic heterocycles. The van der Waals surface area contributed by atoms with Crippen LogP contribution in [0.1, 0.15) is 11.5 Å². The maximum Gasteiger partial charge on any atom is 0.198 e. The summed E-state index contributed by atoms with van der Waals surface area (Å²) in [6, 6.07) is 0. The van der Waals surface area contributed by atoms with Gasteiger partial charge in [0.05, 0.1) is 12.3 Å². The monoisotopic (exact) mass is 181 g/mol. The van der Waals surface area contributed by atoms with Crippen LogP contribution in [0, 0.1) is 6.92 Å². The number of aromatic nitrogens is 4. The van der Waals surface area contributed by atoms with Crippen LogP contribution in [0.5, 0.6) is 0 Å². The van der Waals surface area contributed by atoms with Crippen LogP contribution in [0.15, 0.2) is 0 Å². The zero-order valence-corrected chi connectivity index (χ0v) is 7.28. The zero-order valence-electron chi connectivity index (χ0n) is 7.28. The molecule has 0 aliphatic carbocycles. The molecule has 0 aromatic carbocycles. The van der Waals surface area contributed by atoms with Gasteiger partial charge < -0.3 is 10.8 Å². The van der Waals surface area contributed by atoms with Gasteiger partial charge in [0.1, 0.15) is 11.5 Å². The molecule has 2 aromatic rings. The molecule has 4 N–H and O–H groups in total. The lowest BCUT2D eigenvalue weighted by Gasteiger charge is -1.88. The summed E-state index contributed by atoms with van der Waals surface area (Å²) in [6.45, 7) is 1.89. The zero-order chi connectivity index (χ0) is 9.42. The van der Waals surface area contributed by atoms with E-state index in [1.807, 2.05) is 6.92 Å². The first kappa shape index (κ1) is 8.06. The van der Waals surface area contributed by atoms with Gasteiger partial charge in [-0.3, -0.25) is 5.10 Å². The van der Waals surface area contributed by atoms with Crippen molar-refractivity contribution in [1.82, 2.24) is 19.8 Å². The van der Waals surface area contributed by atoms with E-state index >= 15 is 0 Å². The summed E-state index contributed by atoms with van der Waals surface area (Å²) in [4.78, 5) is 4.18. The molecule has 0 amide bonds. The third-order valence-electron chi connectivity index (χ3n) is 1.91. The molecule has 0 saturated heterocycles. The van der Waals surface area contributed by atoms with Gasteiger partial charge in [0.25, 0.3) is 0 Å². The first-order chi connectivity index (χ1) is 6.22. The Kier molecular flexibility index (Phi) is 1.70. The van der Waals surface area contributed by atoms with Crippen LogP contribution in [0.3, 0.4) is 0 Å². The SMILES string of the molecule is Cc1nn2[nH]c(CCO)nc2c1N. The van der Waals surface area contributed by atoms with Crippen LogP contribution in [0.2, 0.25) is 0 Å². The molecular weight excluding hydrogens is 170 g/mol. The summed E-state index contributed by atoms with van der Waals surface area (Å²) < 4.78 is 1.52. The topological polar surface area (TPSA) is 92.2 Å². The lowest BCUT2D eigenvalue weighted by atomic mass is 10.4. The number of hydrogen-bond acceptors (Lipinski definition) is 4. The Labute approximate surface area is 74.4 Å². The first-order valence-electron chi connectivity index (χ1n) is 4.03. The van der Waals surface area contributed by atoms with Gasteiger partial charge in [0, 0.05) is 6.42 Å². The van der Waals surface area contributed by atoms with E-state index in [9.17, 15) is 0 Å². The molecule has 2 aromatic heterocycles. The molecule has 13 heavy (non-hydrogen) atoms. The second kappa shape index (κ2) is 2.74. The first-order valence-corrected chi connectivity index (χ1v) is 4.03. The summed E-state index contributed by atoms with van der Waals surface area (Å²) in [5.74, 6) is 0.691. The van der Waals surface area contributed by atoms with E-state index in [-0.39, 0.29) is 6.61 Å². The Morgan fingerprint density at radius 3 is 3.00 bits per heavy atom. The number of aliphatic hydroxyl groups is 1. The lowest BCUT2D eigenvalue weighted by Crippen LogP contribution is -1.95. The fraction of sp³-hybridized carbons (Fsp3) is 0.429. The number of aromatic amines is 1. The van der Waals surface area contributed by atoms with Gasteiger partial charge in [-0.25, -0.2) is 4.98 Å². The van der Waals surface area contributed by atoms with Crippen molar-refractivity contribution in [2.75, 3.05) is 12.3 Å². The van der Waals surface area contributed by atoms with Crippen molar-refractivity contribution in [3.63, 3.8) is 0 Å². The molecule has 6 nitrogen and oxygen atoms in total. The molecule has 0 fully saturated rings. The number of aliphatic hydroxyl groups excluding tert-OH is 1. The Morgan fingerprint density at radius 2 is 2.38 bits per heavy atom. The molecule has 0 atom stereocenters. The van der Waals surface area contributed by atoms with Crippen molar-refractivity contribution < 1.29 is 5.11 Å². The smallest absolute Gasteiger partial charge is 0.198 e. The highest BCUT2D eigenvalue weighted by Crippen LogP contribution is 2.14. The number of nitrogens with zero attached hydrogens (tertiary/aromatic N) is 3. The van der Waals surface area contributed by atoms with Crippen molar-refractivity contribution in [3.8, 4) is 0 Å². The molecule has 0 spiro atoms. The number of H-pyrrole nitrogens is 1. The largest absolute Gasteiger partial charge is 0.396 e. The lowest BCUT2D eigenvalue weighted by molar-refractivity contribution is 0.296. The highest BCUT2D eigenvalue weighted by Gasteiger charge is 2.09. The maximum absolute atomic E-state index is 8.69. The number of fused-ring (bicyclic) bond motifs is 1. The van der Waals surface area contributed by atoms with Crippen molar-refractivity contribution in [3.05, 3.63) is 11.5 Å². The second-order valence-electron chi connectivity index (χ2n) is 2.88. The van der Waals surface area contributed by atoms with E-state index < -0.39 is 0 Å². The van der Waals surface area contributed by atoms with Crippen LogP contribution in [-0.4, -0.2) is 31.5 Å². The number of anilines is 1. The van der Waals surface area contributed by atoms with Gasteiger partial charge in [-0.1, -0.05) is 0 Å². The Balaban J connectivity index is 2.52. The fourth-order valence-corrected chi connectivity index (χ4v) is 1.21. The van der Waals surface area contributed by atoms with Gasteiger partial charge in [-0.2, -0.15) is 9.73 Å². The number of hydrogen-bond donors (Lipinski definition) is 3. The molecule has 0 bridgehead atoms. The number of nitrogens with two attached hydrogens (primary N) is 1. The number of aryl methyl sites for hydroxylation is 1. The van der Waals surface area contributed by atoms with E-state index in [0.717, 1.165) is 5.69 Å². The predicted molar refractivity (Wildman–Crippen MR) is 47.3 cm³/mol. The minimum atomic E-state index is 0.0650. The van der Waals surface area contributed by atoms with Crippen molar-refractivity contribution in [1.29, 1.82) is 0 Å². The summed E-state index contributed by atoms with van der Waals surface area (Å²) >= 11 is 0. The van der Waals surface area contributed by atoms with Gasteiger partial charge in [-0.15, -0.1) is 0 Å². The molecule has 0 unspecified atom stereocenters. The van der Waals surface area contributed by atoms with Crippen LogP contribution in [0.4, 0.5) is 5.69 Å². The van der Waals surface area contributed by atoms with E-state index in [0.29, 0.717) is 23.6 Å². The molecular formula is C7H11N5O. The van der Waals surface area contributed by atoms with Gasteiger partial charge in [0.2, 0.25) is 0 Å². The third kappa shape index (κ3) is 1.15. The van der Waals surface area contributed by atoms with Crippen LogP contribution < -0.4 is 5.73 Å². The van der Waals surface area contributed by atoms with Crippen molar-refractivity contribution in [2.45, 2.75) is 13.3 Å². The highest BCUT2D eigenvalue weighted by molar-refractivity contribution is 5.66. The fourth-order valence-electron chi connectivity index (χ4n) is 1.21. The number of nitrogen functional groups attached to an aromatic ring is 1. The molecule has 0 radical (unpaired) electrons. The molecule has 6 heteroatoms. The van der Waals surface area contributed by atoms with E-state index in [2.05, 4.69) is 15.2 Å². The average molecular weight is 181 g/mol. The highest BCUT2D eigenvalue weighted by atomic mass is 16.3. The van der Waals surface area contributed by atoms with Gasteiger partial charge >= 0.3 is 0 Å². The molecule has 0 aliphatic rings. The third-order valence-corrected chi connectivity index (χ3v) is 1.91.